The lowest BCUT2D eigenvalue weighted by molar-refractivity contribution is -0.327. The first-order valence-electron chi connectivity index (χ1n) is 14.3. The lowest BCUT2D eigenvalue weighted by Crippen LogP contribution is -2.60. The highest BCUT2D eigenvalue weighted by Crippen LogP contribution is 2.43. The number of methoxy groups -OCH3 is 3. The van der Waals surface area contributed by atoms with E-state index < -0.39 is 97.6 Å². The standard InChI is InChI=1S/C29H42O15/c1-6-14-16(9-20(31)41-11-17(25(35)38-3)15-8-7-13(2)21(15)27(37)40-5)18(26(36)39-4)12-42-28(14)44-29-24(34)23(33)22(32)19(10-30)43-29/h6,12-13,15-17,19,21-24,28-30,32-34H,7-11H2,1-5H3/b14-6+/t13-,15+,16-,17+,19+,21-,22+,23-,24+,28-,29-/m0/s1. The van der Waals surface area contributed by atoms with Crippen molar-refractivity contribution >= 4 is 23.9 Å². The molecule has 0 unspecified atom stereocenters. The van der Waals surface area contributed by atoms with Crippen LogP contribution in [-0.2, 0) is 52.3 Å². The minimum Gasteiger partial charge on any atom is -0.469 e. The number of esters is 4. The number of hydrogen-bond donors (Lipinski definition) is 4. The molecule has 0 aromatic carbocycles. The van der Waals surface area contributed by atoms with Gasteiger partial charge in [-0.2, -0.15) is 0 Å². The van der Waals surface area contributed by atoms with Crippen LogP contribution in [-0.4, -0.2) is 116 Å². The first kappa shape index (κ1) is 35.4. The Balaban J connectivity index is 1.78. The fraction of sp³-hybridized carbons (Fsp3) is 0.724. The third kappa shape index (κ3) is 7.58. The Hall–Kier alpha value is -3.08. The minimum absolute atomic E-state index is 0.0499. The summed E-state index contributed by atoms with van der Waals surface area (Å²) in [5, 5.41) is 40.1. The van der Waals surface area contributed by atoms with E-state index in [2.05, 4.69) is 0 Å². The number of rotatable bonds is 11. The molecule has 11 atom stereocenters. The molecule has 0 aromatic rings. The topological polar surface area (TPSA) is 214 Å². The van der Waals surface area contributed by atoms with Crippen molar-refractivity contribution in [3.8, 4) is 0 Å². The quantitative estimate of drug-likeness (QED) is 0.127. The Labute approximate surface area is 254 Å². The van der Waals surface area contributed by atoms with Crippen LogP contribution >= 0.6 is 0 Å². The van der Waals surface area contributed by atoms with Crippen LogP contribution in [0.1, 0.15) is 33.1 Å². The maximum atomic E-state index is 13.2. The zero-order valence-electron chi connectivity index (χ0n) is 25.3. The van der Waals surface area contributed by atoms with Gasteiger partial charge in [0, 0.05) is 11.5 Å². The van der Waals surface area contributed by atoms with Crippen molar-refractivity contribution in [1.82, 2.24) is 0 Å². The van der Waals surface area contributed by atoms with Gasteiger partial charge in [-0.1, -0.05) is 13.0 Å². The van der Waals surface area contributed by atoms with Gasteiger partial charge in [0.1, 0.15) is 31.0 Å². The Kier molecular flexibility index (Phi) is 12.7. The third-order valence-electron chi connectivity index (χ3n) is 8.55. The molecule has 3 rings (SSSR count). The zero-order valence-corrected chi connectivity index (χ0v) is 25.3. The van der Waals surface area contributed by atoms with Crippen molar-refractivity contribution in [2.45, 2.75) is 70.1 Å². The van der Waals surface area contributed by atoms with Crippen LogP contribution in [0, 0.1) is 29.6 Å². The summed E-state index contributed by atoms with van der Waals surface area (Å²) in [5.74, 6) is -5.76. The number of aliphatic hydroxyl groups excluding tert-OH is 4. The van der Waals surface area contributed by atoms with E-state index >= 15 is 0 Å². The van der Waals surface area contributed by atoms with Gasteiger partial charge < -0.3 is 53.6 Å². The van der Waals surface area contributed by atoms with Gasteiger partial charge in [-0.05, 0) is 31.6 Å². The molecule has 2 fully saturated rings. The average molecular weight is 631 g/mol. The van der Waals surface area contributed by atoms with Gasteiger partial charge in [0.15, 0.2) is 6.29 Å². The number of ether oxygens (including phenoxy) is 7. The SMILES string of the molecule is C/C=C1/[C@H](O[C@@H]2O[C@H](CO)[C@@H](O)[C@H](O)[C@H]2O)OC=C(C(=O)OC)[C@H]1CC(=O)OC[C@@H](C(=O)OC)[C@H]1CC[C@H](C)[C@@H]1C(=O)OC. The third-order valence-corrected chi connectivity index (χ3v) is 8.55. The first-order valence-corrected chi connectivity index (χ1v) is 14.3. The molecule has 0 radical (unpaired) electrons. The van der Waals surface area contributed by atoms with Crippen molar-refractivity contribution < 1.29 is 72.8 Å². The predicted molar refractivity (Wildman–Crippen MR) is 146 cm³/mol. The largest absolute Gasteiger partial charge is 0.469 e. The number of aliphatic hydroxyl groups is 4. The lowest BCUT2D eigenvalue weighted by atomic mass is 9.81. The molecule has 15 heteroatoms. The highest BCUT2D eigenvalue weighted by Gasteiger charge is 2.48. The van der Waals surface area contributed by atoms with E-state index in [0.717, 1.165) is 13.4 Å². The summed E-state index contributed by atoms with van der Waals surface area (Å²) in [7, 11) is 3.61. The van der Waals surface area contributed by atoms with E-state index in [1.807, 2.05) is 6.92 Å². The Morgan fingerprint density at radius 3 is 2.32 bits per heavy atom. The highest BCUT2D eigenvalue weighted by atomic mass is 16.8. The Morgan fingerprint density at radius 1 is 1.02 bits per heavy atom. The van der Waals surface area contributed by atoms with Gasteiger partial charge in [0.25, 0.3) is 0 Å². The van der Waals surface area contributed by atoms with Crippen molar-refractivity contribution in [2.75, 3.05) is 34.5 Å². The van der Waals surface area contributed by atoms with Crippen molar-refractivity contribution in [2.24, 2.45) is 29.6 Å². The molecule has 1 aliphatic carbocycles. The molecule has 4 N–H and O–H groups in total. The van der Waals surface area contributed by atoms with Crippen LogP contribution in [0.5, 0.6) is 0 Å². The van der Waals surface area contributed by atoms with Crippen molar-refractivity contribution in [3.63, 3.8) is 0 Å². The molecule has 3 aliphatic rings. The molecule has 0 spiro atoms. The summed E-state index contributed by atoms with van der Waals surface area (Å²) < 4.78 is 37.0. The fourth-order valence-corrected chi connectivity index (χ4v) is 6.08. The molecule has 0 aromatic heterocycles. The van der Waals surface area contributed by atoms with Crippen molar-refractivity contribution in [1.29, 1.82) is 0 Å². The number of allylic oxidation sites excluding steroid dienone is 1. The second kappa shape index (κ2) is 15.8. The Morgan fingerprint density at radius 2 is 1.73 bits per heavy atom. The molecule has 1 saturated heterocycles. The van der Waals surface area contributed by atoms with Crippen LogP contribution in [0.2, 0.25) is 0 Å². The summed E-state index contributed by atoms with van der Waals surface area (Å²) in [6.45, 7) is 2.41. The molecule has 44 heavy (non-hydrogen) atoms. The molecule has 0 bridgehead atoms. The van der Waals surface area contributed by atoms with Gasteiger partial charge in [-0.3, -0.25) is 14.4 Å². The second-order valence-electron chi connectivity index (χ2n) is 11.0. The molecule has 248 valence electrons. The van der Waals surface area contributed by atoms with Gasteiger partial charge >= 0.3 is 23.9 Å². The van der Waals surface area contributed by atoms with E-state index in [4.69, 9.17) is 33.2 Å². The summed E-state index contributed by atoms with van der Waals surface area (Å²) >= 11 is 0. The van der Waals surface area contributed by atoms with E-state index in [-0.39, 0.29) is 23.7 Å². The van der Waals surface area contributed by atoms with Crippen LogP contribution in [0.15, 0.2) is 23.5 Å². The monoisotopic (exact) mass is 630 g/mol. The first-order chi connectivity index (χ1) is 20.9. The Bertz CT molecular complexity index is 1100. The summed E-state index contributed by atoms with van der Waals surface area (Å²) in [6.07, 6.45) is -5.88. The van der Waals surface area contributed by atoms with Gasteiger partial charge in [-0.15, -0.1) is 0 Å². The molecule has 0 amide bonds. The molecule has 1 saturated carbocycles. The van der Waals surface area contributed by atoms with Crippen molar-refractivity contribution in [3.05, 3.63) is 23.5 Å². The van der Waals surface area contributed by atoms with Crippen LogP contribution in [0.3, 0.4) is 0 Å². The molecule has 15 nitrogen and oxygen atoms in total. The average Bonchev–Trinajstić information content (AvgIpc) is 3.41. The zero-order chi connectivity index (χ0) is 32.7. The predicted octanol–water partition coefficient (Wildman–Crippen LogP) is -0.664. The maximum absolute atomic E-state index is 13.2. The maximum Gasteiger partial charge on any atom is 0.337 e. The molecule has 2 aliphatic heterocycles. The van der Waals surface area contributed by atoms with Gasteiger partial charge in [-0.25, -0.2) is 4.79 Å². The molecular weight excluding hydrogens is 588 g/mol. The number of carbonyl (C=O) groups is 4. The van der Waals surface area contributed by atoms with E-state index in [9.17, 15) is 39.6 Å². The van der Waals surface area contributed by atoms with Gasteiger partial charge in [0.2, 0.25) is 6.29 Å². The smallest absolute Gasteiger partial charge is 0.337 e. The minimum atomic E-state index is -1.73. The lowest BCUT2D eigenvalue weighted by Gasteiger charge is -2.41. The second-order valence-corrected chi connectivity index (χ2v) is 11.0. The van der Waals surface area contributed by atoms with Gasteiger partial charge in [0.05, 0.1) is 58.0 Å². The van der Waals surface area contributed by atoms with E-state index in [0.29, 0.717) is 12.8 Å². The van der Waals surface area contributed by atoms with E-state index in [1.165, 1.54) is 20.3 Å². The molecule has 2 heterocycles. The number of hydrogen-bond acceptors (Lipinski definition) is 15. The summed E-state index contributed by atoms with van der Waals surface area (Å²) in [6, 6.07) is 0. The highest BCUT2D eigenvalue weighted by molar-refractivity contribution is 5.90. The summed E-state index contributed by atoms with van der Waals surface area (Å²) in [5.41, 5.74) is 0.188. The summed E-state index contributed by atoms with van der Waals surface area (Å²) in [4.78, 5) is 51.0. The van der Waals surface area contributed by atoms with E-state index in [1.54, 1.807) is 6.92 Å². The molecular formula is C29H42O15. The van der Waals surface area contributed by atoms with Crippen LogP contribution in [0.4, 0.5) is 0 Å². The van der Waals surface area contributed by atoms with Crippen LogP contribution in [0.25, 0.3) is 0 Å². The normalized spacial score (nSPS) is 35.2. The fourth-order valence-electron chi connectivity index (χ4n) is 6.08. The number of carbonyl (C=O) groups excluding carboxylic acids is 4. The van der Waals surface area contributed by atoms with Crippen LogP contribution < -0.4 is 0 Å².